The van der Waals surface area contributed by atoms with Crippen molar-refractivity contribution in [2.75, 3.05) is 6.61 Å². The molecule has 14 heavy (non-hydrogen) atoms. The van der Waals surface area contributed by atoms with Crippen LogP contribution >= 0.6 is 0 Å². The van der Waals surface area contributed by atoms with Crippen molar-refractivity contribution in [2.24, 2.45) is 0 Å². The second kappa shape index (κ2) is 3.84. The molecule has 0 saturated carbocycles. The minimum absolute atomic E-state index is 0.102. The van der Waals surface area contributed by atoms with E-state index in [0.717, 1.165) is 0 Å². The van der Waals surface area contributed by atoms with E-state index in [1.165, 1.54) is 6.26 Å². The Hall–Kier alpha value is -1.29. The summed E-state index contributed by atoms with van der Waals surface area (Å²) in [5.74, 6) is 0.353. The number of furan rings is 1. The van der Waals surface area contributed by atoms with E-state index in [-0.39, 0.29) is 12.5 Å². The fourth-order valence-corrected chi connectivity index (χ4v) is 1.03. The number of nitrogens with one attached hydrogen (secondary N) is 1. The monoisotopic (exact) mass is 197 g/mol. The largest absolute Gasteiger partial charge is 0.469 e. The van der Waals surface area contributed by atoms with Gasteiger partial charge in [-0.2, -0.15) is 0 Å². The molecule has 0 aromatic carbocycles. The molecule has 0 fully saturated rings. The summed E-state index contributed by atoms with van der Waals surface area (Å²) >= 11 is 0. The molecule has 0 saturated heterocycles. The van der Waals surface area contributed by atoms with Crippen molar-refractivity contribution < 1.29 is 14.3 Å². The minimum atomic E-state index is -0.610. The lowest BCUT2D eigenvalue weighted by atomic mass is 10.1. The molecule has 1 heterocycles. The highest BCUT2D eigenvalue weighted by molar-refractivity contribution is 5.95. The summed E-state index contributed by atoms with van der Waals surface area (Å²) in [5, 5.41) is 11.7. The Labute approximate surface area is 82.9 Å². The molecule has 1 aromatic heterocycles. The van der Waals surface area contributed by atoms with Crippen molar-refractivity contribution in [1.82, 2.24) is 5.32 Å². The van der Waals surface area contributed by atoms with Crippen LogP contribution in [-0.4, -0.2) is 23.2 Å². The maximum atomic E-state index is 11.6. The number of hydrogen-bond donors (Lipinski definition) is 2. The number of hydrogen-bond acceptors (Lipinski definition) is 3. The molecule has 0 aliphatic carbocycles. The lowest BCUT2D eigenvalue weighted by molar-refractivity contribution is 0.0868. The van der Waals surface area contributed by atoms with E-state index < -0.39 is 5.54 Å². The zero-order valence-corrected chi connectivity index (χ0v) is 8.63. The molecular formula is C10H15NO3. The van der Waals surface area contributed by atoms with Gasteiger partial charge in [0.05, 0.1) is 24.0 Å². The first-order chi connectivity index (χ1) is 6.46. The molecule has 0 aliphatic heterocycles. The Balaban J connectivity index is 2.73. The van der Waals surface area contributed by atoms with Crippen LogP contribution in [0.5, 0.6) is 0 Å². The molecule has 1 rings (SSSR count). The van der Waals surface area contributed by atoms with E-state index in [9.17, 15) is 4.79 Å². The van der Waals surface area contributed by atoms with Crippen molar-refractivity contribution in [3.05, 3.63) is 23.7 Å². The molecule has 0 bridgehead atoms. The third-order valence-electron chi connectivity index (χ3n) is 1.95. The van der Waals surface area contributed by atoms with Gasteiger partial charge in [0.15, 0.2) is 0 Å². The molecule has 4 nitrogen and oxygen atoms in total. The van der Waals surface area contributed by atoms with E-state index in [1.54, 1.807) is 26.8 Å². The lowest BCUT2D eigenvalue weighted by Crippen LogP contribution is -2.46. The quantitative estimate of drug-likeness (QED) is 0.762. The molecule has 0 unspecified atom stereocenters. The van der Waals surface area contributed by atoms with Gasteiger partial charge in [-0.05, 0) is 26.8 Å². The van der Waals surface area contributed by atoms with Crippen molar-refractivity contribution in [2.45, 2.75) is 26.3 Å². The van der Waals surface area contributed by atoms with E-state index >= 15 is 0 Å². The van der Waals surface area contributed by atoms with Crippen LogP contribution in [0.15, 0.2) is 16.7 Å². The summed E-state index contributed by atoms with van der Waals surface area (Å²) < 4.78 is 5.01. The fourth-order valence-electron chi connectivity index (χ4n) is 1.03. The molecule has 4 heteroatoms. The summed E-state index contributed by atoms with van der Waals surface area (Å²) in [6, 6.07) is 1.61. The first kappa shape index (κ1) is 10.8. The first-order valence-corrected chi connectivity index (χ1v) is 4.44. The Morgan fingerprint density at radius 3 is 2.71 bits per heavy atom. The van der Waals surface area contributed by atoms with Gasteiger partial charge < -0.3 is 14.8 Å². The Morgan fingerprint density at radius 1 is 1.64 bits per heavy atom. The van der Waals surface area contributed by atoms with E-state index in [1.807, 2.05) is 0 Å². The number of aliphatic hydroxyl groups is 1. The van der Waals surface area contributed by atoms with Gasteiger partial charge in [0, 0.05) is 0 Å². The number of amides is 1. The van der Waals surface area contributed by atoms with Gasteiger partial charge in [-0.1, -0.05) is 0 Å². The van der Waals surface area contributed by atoms with Crippen molar-refractivity contribution in [1.29, 1.82) is 0 Å². The van der Waals surface area contributed by atoms with Gasteiger partial charge in [-0.3, -0.25) is 4.79 Å². The van der Waals surface area contributed by atoms with Crippen LogP contribution < -0.4 is 5.32 Å². The van der Waals surface area contributed by atoms with E-state index in [4.69, 9.17) is 9.52 Å². The second-order valence-electron chi connectivity index (χ2n) is 3.89. The SMILES string of the molecule is Cc1occc1C(=O)NC(C)(C)CO. The van der Waals surface area contributed by atoms with Crippen molar-refractivity contribution >= 4 is 5.91 Å². The van der Waals surface area contributed by atoms with Crippen LogP contribution in [0.25, 0.3) is 0 Å². The number of carbonyl (C=O) groups excluding carboxylic acids is 1. The van der Waals surface area contributed by atoms with Crippen LogP contribution in [0.1, 0.15) is 30.0 Å². The normalized spacial score (nSPS) is 11.4. The highest BCUT2D eigenvalue weighted by atomic mass is 16.3. The predicted molar refractivity (Wildman–Crippen MR) is 52.1 cm³/mol. The van der Waals surface area contributed by atoms with Gasteiger partial charge in [0.2, 0.25) is 0 Å². The molecular weight excluding hydrogens is 182 g/mol. The Morgan fingerprint density at radius 2 is 2.29 bits per heavy atom. The van der Waals surface area contributed by atoms with Gasteiger partial charge in [0.1, 0.15) is 5.76 Å². The molecule has 0 spiro atoms. The topological polar surface area (TPSA) is 62.5 Å². The third kappa shape index (κ3) is 2.35. The minimum Gasteiger partial charge on any atom is -0.469 e. The van der Waals surface area contributed by atoms with Gasteiger partial charge in [0.25, 0.3) is 5.91 Å². The highest BCUT2D eigenvalue weighted by Crippen LogP contribution is 2.10. The molecule has 78 valence electrons. The standard InChI is InChI=1S/C10H15NO3/c1-7-8(4-5-14-7)9(13)11-10(2,3)6-12/h4-5,12H,6H2,1-3H3,(H,11,13). The van der Waals surface area contributed by atoms with Crippen LogP contribution in [-0.2, 0) is 0 Å². The average molecular weight is 197 g/mol. The number of aliphatic hydroxyl groups excluding tert-OH is 1. The van der Waals surface area contributed by atoms with Crippen LogP contribution in [0.2, 0.25) is 0 Å². The van der Waals surface area contributed by atoms with Gasteiger partial charge in [-0.15, -0.1) is 0 Å². The lowest BCUT2D eigenvalue weighted by Gasteiger charge is -2.23. The predicted octanol–water partition coefficient (Wildman–Crippen LogP) is 1.09. The van der Waals surface area contributed by atoms with E-state index in [0.29, 0.717) is 11.3 Å². The Kier molecular flexibility index (Phi) is 2.96. The first-order valence-electron chi connectivity index (χ1n) is 4.44. The molecule has 1 aromatic rings. The maximum absolute atomic E-state index is 11.6. The number of aryl methyl sites for hydroxylation is 1. The van der Waals surface area contributed by atoms with Gasteiger partial charge in [-0.25, -0.2) is 0 Å². The van der Waals surface area contributed by atoms with Crippen molar-refractivity contribution in [3.63, 3.8) is 0 Å². The molecule has 2 N–H and O–H groups in total. The van der Waals surface area contributed by atoms with Crippen molar-refractivity contribution in [3.8, 4) is 0 Å². The molecule has 0 radical (unpaired) electrons. The number of carbonyl (C=O) groups is 1. The summed E-state index contributed by atoms with van der Waals surface area (Å²) in [6.07, 6.45) is 1.47. The van der Waals surface area contributed by atoms with Gasteiger partial charge >= 0.3 is 0 Å². The summed E-state index contributed by atoms with van der Waals surface area (Å²) in [4.78, 5) is 11.6. The van der Waals surface area contributed by atoms with Crippen LogP contribution in [0, 0.1) is 6.92 Å². The Bertz CT molecular complexity index is 328. The van der Waals surface area contributed by atoms with Crippen LogP contribution in [0.4, 0.5) is 0 Å². The molecule has 0 atom stereocenters. The zero-order valence-electron chi connectivity index (χ0n) is 8.63. The smallest absolute Gasteiger partial charge is 0.255 e. The summed E-state index contributed by atoms with van der Waals surface area (Å²) in [6.45, 7) is 5.12. The third-order valence-corrected chi connectivity index (χ3v) is 1.95. The average Bonchev–Trinajstić information content (AvgIpc) is 2.51. The summed E-state index contributed by atoms with van der Waals surface area (Å²) in [7, 11) is 0. The molecule has 1 amide bonds. The van der Waals surface area contributed by atoms with Crippen LogP contribution in [0.3, 0.4) is 0 Å². The fraction of sp³-hybridized carbons (Fsp3) is 0.500. The molecule has 0 aliphatic rings. The maximum Gasteiger partial charge on any atom is 0.255 e. The summed E-state index contributed by atoms with van der Waals surface area (Å²) in [5.41, 5.74) is -0.104. The zero-order chi connectivity index (χ0) is 10.8. The van der Waals surface area contributed by atoms with E-state index in [2.05, 4.69) is 5.32 Å². The second-order valence-corrected chi connectivity index (χ2v) is 3.89. The number of rotatable bonds is 3. The highest BCUT2D eigenvalue weighted by Gasteiger charge is 2.21.